The average Bonchev–Trinajstić information content (AvgIpc) is 3.62. The van der Waals surface area contributed by atoms with E-state index in [0.717, 1.165) is 66.8 Å². The fourth-order valence-corrected chi connectivity index (χ4v) is 8.22. The van der Waals surface area contributed by atoms with Gasteiger partial charge in [-0.2, -0.15) is 0 Å². The van der Waals surface area contributed by atoms with Gasteiger partial charge in [-0.05, 0) is 59.0 Å². The summed E-state index contributed by atoms with van der Waals surface area (Å²) in [4.78, 5) is 15.8. The molecule has 0 amide bonds. The average molecular weight is 727 g/mol. The molecule has 3 aromatic heterocycles. The molecule has 0 saturated carbocycles. The Balaban J connectivity index is 1.13. The smallest absolute Gasteiger partial charge is 0.160 e. The van der Waals surface area contributed by atoms with E-state index in [1.165, 1.54) is 32.8 Å². The molecule has 0 atom stereocenters. The SMILES string of the molecule is c1ccc(-c2ccc(-c3cc(-c4ccc5c(c4)nc(-c4ccccc4)c4cc6c(cc45)c4ccccc4n6-c4ccccc4)nc(-c4ccccc4)n3)cc2)cc1. The Morgan fingerprint density at radius 1 is 0.298 bits per heavy atom. The van der Waals surface area contributed by atoms with Crippen molar-refractivity contribution < 1.29 is 0 Å². The number of pyridine rings is 1. The third-order valence-corrected chi connectivity index (χ3v) is 11.0. The highest BCUT2D eigenvalue weighted by Crippen LogP contribution is 2.41. The van der Waals surface area contributed by atoms with Crippen molar-refractivity contribution in [1.82, 2.24) is 19.5 Å². The summed E-state index contributed by atoms with van der Waals surface area (Å²) in [6.07, 6.45) is 0. The molecule has 0 aliphatic rings. The minimum Gasteiger partial charge on any atom is -0.309 e. The molecule has 0 fully saturated rings. The van der Waals surface area contributed by atoms with Crippen LogP contribution in [0, 0.1) is 0 Å². The predicted molar refractivity (Wildman–Crippen MR) is 236 cm³/mol. The van der Waals surface area contributed by atoms with E-state index in [-0.39, 0.29) is 0 Å². The summed E-state index contributed by atoms with van der Waals surface area (Å²) in [7, 11) is 0. The molecule has 0 N–H and O–H groups in total. The van der Waals surface area contributed by atoms with E-state index in [1.807, 2.05) is 24.3 Å². The Morgan fingerprint density at radius 2 is 0.860 bits per heavy atom. The van der Waals surface area contributed by atoms with Gasteiger partial charge in [0.2, 0.25) is 0 Å². The van der Waals surface area contributed by atoms with Gasteiger partial charge in [0.1, 0.15) is 0 Å². The summed E-state index contributed by atoms with van der Waals surface area (Å²) >= 11 is 0. The maximum Gasteiger partial charge on any atom is 0.160 e. The summed E-state index contributed by atoms with van der Waals surface area (Å²) in [5, 5.41) is 5.81. The number of rotatable bonds is 6. The minimum atomic E-state index is 0.684. The van der Waals surface area contributed by atoms with Gasteiger partial charge in [-0.15, -0.1) is 0 Å². The molecule has 0 saturated heterocycles. The Hall–Kier alpha value is -7.69. The Kier molecular flexibility index (Phi) is 7.78. The third kappa shape index (κ3) is 5.74. The topological polar surface area (TPSA) is 43.6 Å². The van der Waals surface area contributed by atoms with Crippen LogP contribution in [0.15, 0.2) is 206 Å². The van der Waals surface area contributed by atoms with Crippen molar-refractivity contribution in [3.05, 3.63) is 206 Å². The maximum absolute atomic E-state index is 5.47. The second-order valence-corrected chi connectivity index (χ2v) is 14.4. The summed E-state index contributed by atoms with van der Waals surface area (Å²) < 4.78 is 2.37. The number of aromatic nitrogens is 4. The molecule has 8 aromatic carbocycles. The van der Waals surface area contributed by atoms with Gasteiger partial charge in [0, 0.05) is 49.5 Å². The minimum absolute atomic E-state index is 0.684. The molecule has 266 valence electrons. The molecule has 0 unspecified atom stereocenters. The highest BCUT2D eigenvalue weighted by Gasteiger charge is 2.19. The molecule has 3 heterocycles. The van der Waals surface area contributed by atoms with Crippen LogP contribution in [0.1, 0.15) is 0 Å². The van der Waals surface area contributed by atoms with Gasteiger partial charge in [-0.3, -0.25) is 0 Å². The summed E-state index contributed by atoms with van der Waals surface area (Å²) in [6, 6.07) is 72.6. The van der Waals surface area contributed by atoms with E-state index in [4.69, 9.17) is 15.0 Å². The normalized spacial score (nSPS) is 11.5. The first kappa shape index (κ1) is 32.7. The molecular weight excluding hydrogens is 693 g/mol. The summed E-state index contributed by atoms with van der Waals surface area (Å²) in [5.41, 5.74) is 13.5. The molecule has 0 aliphatic carbocycles. The standard InChI is InChI=1S/C53H34N4/c1-5-15-35(16-6-1)36-25-27-37(28-26-36)47-34-48(56-53(55-47)39-19-9-3-10-20-39)40-29-30-42-44-32-45-43-23-13-14-24-50(43)57(41-21-11-4-12-22-41)51(45)33-46(44)52(54-49(42)31-40)38-17-7-2-8-18-38/h1-34H. The molecule has 0 spiro atoms. The van der Waals surface area contributed by atoms with Crippen LogP contribution in [0.25, 0.3) is 105 Å². The van der Waals surface area contributed by atoms with Crippen LogP contribution in [0.5, 0.6) is 0 Å². The Bertz CT molecular complexity index is 3250. The first-order valence-corrected chi connectivity index (χ1v) is 19.3. The van der Waals surface area contributed by atoms with Crippen LogP contribution in [0.2, 0.25) is 0 Å². The first-order valence-electron chi connectivity index (χ1n) is 19.3. The summed E-state index contributed by atoms with van der Waals surface area (Å²) in [5.74, 6) is 0.684. The van der Waals surface area contributed by atoms with Crippen LogP contribution in [0.3, 0.4) is 0 Å². The van der Waals surface area contributed by atoms with Crippen LogP contribution in [-0.2, 0) is 0 Å². The van der Waals surface area contributed by atoms with Crippen LogP contribution < -0.4 is 0 Å². The van der Waals surface area contributed by atoms with Crippen molar-refractivity contribution in [2.24, 2.45) is 0 Å². The van der Waals surface area contributed by atoms with Gasteiger partial charge in [-0.25, -0.2) is 15.0 Å². The number of fused-ring (bicyclic) bond motifs is 6. The molecule has 0 bridgehead atoms. The maximum atomic E-state index is 5.47. The number of hydrogen-bond donors (Lipinski definition) is 0. The second kappa shape index (κ2) is 13.6. The van der Waals surface area contributed by atoms with Crippen LogP contribution >= 0.6 is 0 Å². The highest BCUT2D eigenvalue weighted by atomic mass is 15.0. The van der Waals surface area contributed by atoms with Gasteiger partial charge in [0.25, 0.3) is 0 Å². The lowest BCUT2D eigenvalue weighted by Crippen LogP contribution is -1.97. The van der Waals surface area contributed by atoms with Crippen molar-refractivity contribution in [2.75, 3.05) is 0 Å². The van der Waals surface area contributed by atoms with Crippen molar-refractivity contribution in [2.45, 2.75) is 0 Å². The van der Waals surface area contributed by atoms with Crippen LogP contribution in [0.4, 0.5) is 0 Å². The lowest BCUT2D eigenvalue weighted by atomic mass is 9.96. The number of benzene rings is 8. The largest absolute Gasteiger partial charge is 0.309 e. The highest BCUT2D eigenvalue weighted by molar-refractivity contribution is 6.20. The summed E-state index contributed by atoms with van der Waals surface area (Å²) in [6.45, 7) is 0. The number of nitrogens with zero attached hydrogens (tertiary/aromatic N) is 4. The zero-order valence-electron chi connectivity index (χ0n) is 30.9. The molecule has 57 heavy (non-hydrogen) atoms. The zero-order valence-corrected chi connectivity index (χ0v) is 30.9. The fourth-order valence-electron chi connectivity index (χ4n) is 8.22. The van der Waals surface area contributed by atoms with Gasteiger partial charge < -0.3 is 4.57 Å². The van der Waals surface area contributed by atoms with Gasteiger partial charge in [0.15, 0.2) is 5.82 Å². The van der Waals surface area contributed by atoms with Gasteiger partial charge in [-0.1, -0.05) is 164 Å². The monoisotopic (exact) mass is 726 g/mol. The lowest BCUT2D eigenvalue weighted by molar-refractivity contribution is 1.18. The van der Waals surface area contributed by atoms with E-state index in [1.54, 1.807) is 0 Å². The number of hydrogen-bond acceptors (Lipinski definition) is 3. The van der Waals surface area contributed by atoms with E-state index >= 15 is 0 Å². The van der Waals surface area contributed by atoms with Gasteiger partial charge in [0.05, 0.1) is 33.6 Å². The molecule has 4 nitrogen and oxygen atoms in total. The van der Waals surface area contributed by atoms with E-state index in [0.29, 0.717) is 5.82 Å². The van der Waals surface area contributed by atoms with E-state index < -0.39 is 0 Å². The molecule has 11 rings (SSSR count). The van der Waals surface area contributed by atoms with Crippen LogP contribution in [-0.4, -0.2) is 19.5 Å². The molecule has 0 aliphatic heterocycles. The van der Waals surface area contributed by atoms with E-state index in [9.17, 15) is 0 Å². The Labute approximate surface area is 330 Å². The van der Waals surface area contributed by atoms with Crippen molar-refractivity contribution in [3.63, 3.8) is 0 Å². The van der Waals surface area contributed by atoms with Gasteiger partial charge >= 0.3 is 0 Å². The molecular formula is C53H34N4. The zero-order chi connectivity index (χ0) is 37.7. The van der Waals surface area contributed by atoms with Crippen molar-refractivity contribution >= 4 is 43.5 Å². The van der Waals surface area contributed by atoms with Crippen molar-refractivity contribution in [3.8, 4) is 62.0 Å². The Morgan fingerprint density at radius 3 is 1.58 bits per heavy atom. The molecule has 4 heteroatoms. The van der Waals surface area contributed by atoms with Crippen molar-refractivity contribution in [1.29, 1.82) is 0 Å². The molecule has 11 aromatic rings. The predicted octanol–water partition coefficient (Wildman–Crippen LogP) is 13.6. The second-order valence-electron chi connectivity index (χ2n) is 14.4. The fraction of sp³-hybridized carbons (Fsp3) is 0. The quantitative estimate of drug-likeness (QED) is 0.160. The molecule has 0 radical (unpaired) electrons. The first-order chi connectivity index (χ1) is 28.2. The van der Waals surface area contributed by atoms with E-state index in [2.05, 4.69) is 187 Å². The third-order valence-electron chi connectivity index (χ3n) is 11.0. The lowest BCUT2D eigenvalue weighted by Gasteiger charge is -2.14. The number of para-hydroxylation sites is 2.